The molecule has 0 bridgehead atoms. The van der Waals surface area contributed by atoms with E-state index < -0.39 is 5.91 Å². The molecule has 1 amide bonds. The number of carbonyl (C=O) groups excluding carboxylic acids is 1. The Labute approximate surface area is 112 Å². The number of hydrogen-bond donors (Lipinski definition) is 2. The number of aryl methyl sites for hydroxylation is 1. The van der Waals surface area contributed by atoms with E-state index in [2.05, 4.69) is 38.0 Å². The third kappa shape index (κ3) is 2.37. The Morgan fingerprint density at radius 3 is 2.82 bits per heavy atom. The second kappa shape index (κ2) is 4.92. The fraction of sp³-hybridized carbons (Fsp3) is 0.182. The monoisotopic (exact) mass is 342 g/mol. The van der Waals surface area contributed by atoms with Crippen LogP contribution in [0.1, 0.15) is 23.1 Å². The number of nitrogens with zero attached hydrogens (tertiary/aromatic N) is 2. The number of hydrazine groups is 1. The maximum absolute atomic E-state index is 11.6. The topological polar surface area (TPSA) is 80.9 Å². The van der Waals surface area contributed by atoms with Gasteiger partial charge in [0.25, 0.3) is 5.91 Å². The van der Waals surface area contributed by atoms with Gasteiger partial charge >= 0.3 is 0 Å². The van der Waals surface area contributed by atoms with Crippen molar-refractivity contribution in [3.63, 3.8) is 0 Å². The van der Waals surface area contributed by atoms with E-state index in [0.717, 1.165) is 9.09 Å². The lowest BCUT2D eigenvalue weighted by atomic mass is 10.2. The van der Waals surface area contributed by atoms with Gasteiger partial charge in [0.15, 0.2) is 5.69 Å². The molecule has 2 aromatic rings. The van der Waals surface area contributed by atoms with E-state index in [0.29, 0.717) is 23.3 Å². The van der Waals surface area contributed by atoms with E-state index in [1.807, 2.05) is 25.1 Å². The van der Waals surface area contributed by atoms with Gasteiger partial charge in [0.05, 0.1) is 16.7 Å². The van der Waals surface area contributed by atoms with Crippen molar-refractivity contribution in [1.29, 1.82) is 0 Å². The predicted molar refractivity (Wildman–Crippen MR) is 73.3 cm³/mol. The molecular weight excluding hydrogens is 331 g/mol. The summed E-state index contributed by atoms with van der Waals surface area (Å²) < 4.78 is 1.09. The Hall–Kier alpha value is -1.28. The van der Waals surface area contributed by atoms with E-state index in [1.54, 1.807) is 0 Å². The van der Waals surface area contributed by atoms with Gasteiger partial charge in [-0.25, -0.2) is 15.8 Å². The van der Waals surface area contributed by atoms with Crippen LogP contribution in [0.25, 0.3) is 11.0 Å². The molecule has 0 aliphatic carbocycles. The van der Waals surface area contributed by atoms with Crippen LogP contribution in [0.5, 0.6) is 0 Å². The minimum atomic E-state index is -0.408. The van der Waals surface area contributed by atoms with Gasteiger partial charge in [-0.2, -0.15) is 0 Å². The van der Waals surface area contributed by atoms with E-state index in [9.17, 15) is 4.79 Å². The van der Waals surface area contributed by atoms with Crippen LogP contribution in [-0.2, 0) is 6.42 Å². The quantitative estimate of drug-likeness (QED) is 0.374. The third-order valence-electron chi connectivity index (χ3n) is 2.38. The van der Waals surface area contributed by atoms with E-state index in [-0.39, 0.29) is 0 Å². The largest absolute Gasteiger partial charge is 0.289 e. The Bertz CT molecular complexity index is 585. The molecule has 17 heavy (non-hydrogen) atoms. The number of nitrogen functional groups attached to an aromatic ring is 1. The summed E-state index contributed by atoms with van der Waals surface area (Å²) in [6, 6.07) is 5.70. The molecule has 0 unspecified atom stereocenters. The van der Waals surface area contributed by atoms with Crippen molar-refractivity contribution < 1.29 is 4.79 Å². The first-order chi connectivity index (χ1) is 8.15. The number of carbonyl (C=O) groups is 1. The number of amides is 1. The third-order valence-corrected chi connectivity index (χ3v) is 3.05. The molecule has 1 aromatic heterocycles. The van der Waals surface area contributed by atoms with Crippen LogP contribution in [0.4, 0.5) is 0 Å². The molecule has 0 spiro atoms. The van der Waals surface area contributed by atoms with Crippen LogP contribution in [-0.4, -0.2) is 15.9 Å². The van der Waals surface area contributed by atoms with E-state index >= 15 is 0 Å². The molecule has 5 nitrogen and oxygen atoms in total. The molecule has 0 aliphatic rings. The van der Waals surface area contributed by atoms with Crippen LogP contribution in [0.15, 0.2) is 18.2 Å². The van der Waals surface area contributed by atoms with Crippen LogP contribution in [0, 0.1) is 3.57 Å². The van der Waals surface area contributed by atoms with Crippen molar-refractivity contribution in [2.45, 2.75) is 13.3 Å². The summed E-state index contributed by atoms with van der Waals surface area (Å²) in [6.07, 6.45) is 0.636. The highest BCUT2D eigenvalue weighted by molar-refractivity contribution is 14.1. The Morgan fingerprint density at radius 2 is 2.18 bits per heavy atom. The molecule has 0 fully saturated rings. The molecule has 0 atom stereocenters. The summed E-state index contributed by atoms with van der Waals surface area (Å²) in [5.74, 6) is 4.72. The molecule has 0 radical (unpaired) electrons. The second-order valence-corrected chi connectivity index (χ2v) is 4.72. The first-order valence-electron chi connectivity index (χ1n) is 5.12. The van der Waals surface area contributed by atoms with Gasteiger partial charge in [0.2, 0.25) is 0 Å². The summed E-state index contributed by atoms with van der Waals surface area (Å²) in [5.41, 5.74) is 4.53. The van der Waals surface area contributed by atoms with Gasteiger partial charge in [0, 0.05) is 3.57 Å². The summed E-state index contributed by atoms with van der Waals surface area (Å²) in [4.78, 5) is 20.3. The van der Waals surface area contributed by atoms with Gasteiger partial charge < -0.3 is 0 Å². The Balaban J connectivity index is 2.68. The van der Waals surface area contributed by atoms with Gasteiger partial charge in [-0.1, -0.05) is 6.92 Å². The zero-order valence-corrected chi connectivity index (χ0v) is 11.4. The fourth-order valence-electron chi connectivity index (χ4n) is 1.56. The SMILES string of the molecule is CCc1nc2cc(I)ccc2nc1C(=O)NN. The van der Waals surface area contributed by atoms with Crippen LogP contribution >= 0.6 is 22.6 Å². The summed E-state index contributed by atoms with van der Waals surface area (Å²) in [5, 5.41) is 0. The van der Waals surface area contributed by atoms with Crippen LogP contribution in [0.3, 0.4) is 0 Å². The maximum atomic E-state index is 11.6. The van der Waals surface area contributed by atoms with Crippen molar-refractivity contribution >= 4 is 39.5 Å². The molecule has 1 heterocycles. The summed E-state index contributed by atoms with van der Waals surface area (Å²) >= 11 is 2.21. The minimum Gasteiger partial charge on any atom is -0.289 e. The van der Waals surface area contributed by atoms with Crippen molar-refractivity contribution in [3.8, 4) is 0 Å². The number of benzene rings is 1. The first-order valence-corrected chi connectivity index (χ1v) is 6.20. The average Bonchev–Trinajstić information content (AvgIpc) is 2.36. The maximum Gasteiger partial charge on any atom is 0.285 e. The summed E-state index contributed by atoms with van der Waals surface area (Å²) in [6.45, 7) is 1.93. The average molecular weight is 342 g/mol. The van der Waals surface area contributed by atoms with Crippen LogP contribution in [0.2, 0.25) is 0 Å². The van der Waals surface area contributed by atoms with Crippen LogP contribution < -0.4 is 11.3 Å². The van der Waals surface area contributed by atoms with Gasteiger partial charge in [-0.05, 0) is 47.2 Å². The van der Waals surface area contributed by atoms with Crippen molar-refractivity contribution in [1.82, 2.24) is 15.4 Å². The molecule has 0 saturated carbocycles. The molecule has 1 aromatic carbocycles. The second-order valence-electron chi connectivity index (χ2n) is 3.48. The number of fused-ring (bicyclic) bond motifs is 1. The Kier molecular flexibility index (Phi) is 3.53. The van der Waals surface area contributed by atoms with Gasteiger partial charge in [0.1, 0.15) is 0 Å². The lowest BCUT2D eigenvalue weighted by molar-refractivity contribution is 0.0947. The number of hydrogen-bond acceptors (Lipinski definition) is 4. The lowest BCUT2D eigenvalue weighted by Crippen LogP contribution is -2.32. The minimum absolute atomic E-state index is 0.295. The molecular formula is C11H11IN4O. The van der Waals surface area contributed by atoms with Crippen molar-refractivity contribution in [2.75, 3.05) is 0 Å². The summed E-state index contributed by atoms with van der Waals surface area (Å²) in [7, 11) is 0. The molecule has 88 valence electrons. The Morgan fingerprint density at radius 1 is 1.41 bits per heavy atom. The number of nitrogens with one attached hydrogen (secondary N) is 1. The van der Waals surface area contributed by atoms with Gasteiger partial charge in [-0.3, -0.25) is 10.2 Å². The van der Waals surface area contributed by atoms with Crippen molar-refractivity contribution in [2.24, 2.45) is 5.84 Å². The zero-order chi connectivity index (χ0) is 12.4. The number of aromatic nitrogens is 2. The van der Waals surface area contributed by atoms with E-state index in [1.165, 1.54) is 0 Å². The highest BCUT2D eigenvalue weighted by Gasteiger charge is 2.14. The molecule has 6 heteroatoms. The highest BCUT2D eigenvalue weighted by Crippen LogP contribution is 2.16. The normalized spacial score (nSPS) is 10.5. The van der Waals surface area contributed by atoms with Gasteiger partial charge in [-0.15, -0.1) is 0 Å². The van der Waals surface area contributed by atoms with E-state index in [4.69, 9.17) is 5.84 Å². The lowest BCUT2D eigenvalue weighted by Gasteiger charge is -2.07. The first kappa shape index (κ1) is 12.2. The smallest absolute Gasteiger partial charge is 0.285 e. The fourth-order valence-corrected chi connectivity index (χ4v) is 2.04. The number of nitrogens with two attached hydrogens (primary N) is 1. The molecule has 0 saturated heterocycles. The molecule has 3 N–H and O–H groups in total. The zero-order valence-electron chi connectivity index (χ0n) is 9.20. The predicted octanol–water partition coefficient (Wildman–Crippen LogP) is 1.40. The van der Waals surface area contributed by atoms with Crippen molar-refractivity contribution in [3.05, 3.63) is 33.2 Å². The number of halogens is 1. The molecule has 2 rings (SSSR count). The highest BCUT2D eigenvalue weighted by atomic mass is 127. The molecule has 0 aliphatic heterocycles. The standard InChI is InChI=1S/C11H11IN4O/c1-2-7-10(11(17)16-13)15-8-4-3-6(12)5-9(8)14-7/h3-5H,2,13H2,1H3,(H,16,17). The number of rotatable bonds is 2.